The van der Waals surface area contributed by atoms with Crippen LogP contribution >= 0.6 is 0 Å². The third-order valence-electron chi connectivity index (χ3n) is 4.52. The highest BCUT2D eigenvalue weighted by atomic mass is 16.5. The van der Waals surface area contributed by atoms with Gasteiger partial charge in [-0.15, -0.1) is 0 Å². The van der Waals surface area contributed by atoms with Gasteiger partial charge in [-0.1, -0.05) is 6.07 Å². The van der Waals surface area contributed by atoms with Crippen molar-refractivity contribution in [2.45, 2.75) is 26.8 Å². The van der Waals surface area contributed by atoms with Crippen molar-refractivity contribution in [2.24, 2.45) is 0 Å². The van der Waals surface area contributed by atoms with E-state index in [2.05, 4.69) is 10.6 Å². The summed E-state index contributed by atoms with van der Waals surface area (Å²) in [7, 11) is 1.69. The number of carbonyl (C=O) groups is 2. The molecule has 2 rings (SSSR count). The molecule has 2 aromatic carbocycles. The normalized spacial score (nSPS) is 11.4. The molecule has 31 heavy (non-hydrogen) atoms. The van der Waals surface area contributed by atoms with Gasteiger partial charge < -0.3 is 20.1 Å². The second-order valence-corrected chi connectivity index (χ2v) is 6.85. The summed E-state index contributed by atoms with van der Waals surface area (Å²) in [6.45, 7) is 6.48. The number of nitriles is 1. The van der Waals surface area contributed by atoms with E-state index in [9.17, 15) is 9.59 Å². The lowest BCUT2D eigenvalue weighted by Crippen LogP contribution is -2.43. The fourth-order valence-corrected chi connectivity index (χ4v) is 2.81. The first-order chi connectivity index (χ1) is 14.9. The van der Waals surface area contributed by atoms with Crippen LogP contribution in [-0.2, 0) is 9.59 Å². The van der Waals surface area contributed by atoms with Crippen LogP contribution in [0.4, 0.5) is 11.4 Å². The van der Waals surface area contributed by atoms with Crippen LogP contribution < -0.4 is 20.1 Å². The van der Waals surface area contributed by atoms with Crippen LogP contribution in [0.2, 0.25) is 0 Å². The minimum atomic E-state index is -0.559. The lowest BCUT2D eigenvalue weighted by Gasteiger charge is -2.23. The Morgan fingerprint density at radius 3 is 2.39 bits per heavy atom. The average molecular weight is 425 g/mol. The van der Waals surface area contributed by atoms with Gasteiger partial charge in [-0.05, 0) is 58.2 Å². The Morgan fingerprint density at radius 1 is 1.03 bits per heavy atom. The molecule has 0 bridgehead atoms. The highest BCUT2D eigenvalue weighted by molar-refractivity contribution is 5.96. The van der Waals surface area contributed by atoms with E-state index in [1.54, 1.807) is 61.3 Å². The van der Waals surface area contributed by atoms with Crippen LogP contribution in [0, 0.1) is 11.3 Å². The van der Waals surface area contributed by atoms with Crippen molar-refractivity contribution in [1.82, 2.24) is 4.90 Å². The molecule has 2 N–H and O–H groups in total. The number of ether oxygens (including phenoxy) is 2. The largest absolute Gasteiger partial charge is 0.490 e. The Hall–Kier alpha value is -3.57. The van der Waals surface area contributed by atoms with Gasteiger partial charge in [0.2, 0.25) is 11.8 Å². The van der Waals surface area contributed by atoms with Crippen molar-refractivity contribution in [3.05, 3.63) is 48.0 Å². The van der Waals surface area contributed by atoms with Gasteiger partial charge >= 0.3 is 0 Å². The molecule has 0 saturated heterocycles. The smallest absolute Gasteiger partial charge is 0.241 e. The number of hydrogen-bond donors (Lipinski definition) is 2. The molecule has 0 aliphatic carbocycles. The van der Waals surface area contributed by atoms with Crippen molar-refractivity contribution >= 4 is 23.2 Å². The van der Waals surface area contributed by atoms with Crippen molar-refractivity contribution in [2.75, 3.05) is 37.4 Å². The summed E-state index contributed by atoms with van der Waals surface area (Å²) < 4.78 is 11.1. The second kappa shape index (κ2) is 11.6. The molecule has 0 fully saturated rings. The number of likely N-dealkylation sites (N-methyl/N-ethyl adjacent to an activating group) is 1. The van der Waals surface area contributed by atoms with Crippen LogP contribution in [-0.4, -0.2) is 49.6 Å². The number of anilines is 2. The standard InChI is InChI=1S/C23H28N4O4/c1-5-30-20-11-10-19(13-21(20)31-6-2)25-22(28)15-27(4)16(3)23(29)26-18-9-7-8-17(12-18)14-24/h7-13,16H,5-6,15H2,1-4H3,(H,25,28)(H,26,29). The molecular formula is C23H28N4O4. The zero-order valence-corrected chi connectivity index (χ0v) is 18.3. The van der Waals surface area contributed by atoms with Gasteiger partial charge in [0.05, 0.1) is 37.4 Å². The molecule has 0 saturated carbocycles. The van der Waals surface area contributed by atoms with Gasteiger partial charge in [-0.25, -0.2) is 0 Å². The van der Waals surface area contributed by atoms with E-state index < -0.39 is 6.04 Å². The monoisotopic (exact) mass is 424 g/mol. The third kappa shape index (κ3) is 7.01. The first kappa shape index (κ1) is 23.7. The Balaban J connectivity index is 1.95. The van der Waals surface area contributed by atoms with Gasteiger partial charge in [0, 0.05) is 17.4 Å². The topological polar surface area (TPSA) is 104 Å². The van der Waals surface area contributed by atoms with E-state index in [-0.39, 0.29) is 18.4 Å². The summed E-state index contributed by atoms with van der Waals surface area (Å²) in [5.74, 6) is 0.637. The molecule has 164 valence electrons. The van der Waals surface area contributed by atoms with Crippen molar-refractivity contribution in [3.8, 4) is 17.6 Å². The maximum atomic E-state index is 12.5. The number of hydrogen-bond acceptors (Lipinski definition) is 6. The lowest BCUT2D eigenvalue weighted by molar-refractivity contribution is -0.122. The van der Waals surface area contributed by atoms with Crippen LogP contribution in [0.15, 0.2) is 42.5 Å². The van der Waals surface area contributed by atoms with Gasteiger partial charge in [0.15, 0.2) is 11.5 Å². The Labute approximate surface area is 182 Å². The first-order valence-corrected chi connectivity index (χ1v) is 10.1. The van der Waals surface area contributed by atoms with Crippen LogP contribution in [0.25, 0.3) is 0 Å². The minimum absolute atomic E-state index is 0.0179. The second-order valence-electron chi connectivity index (χ2n) is 6.85. The molecular weight excluding hydrogens is 396 g/mol. The molecule has 8 nitrogen and oxygen atoms in total. The summed E-state index contributed by atoms with van der Waals surface area (Å²) in [6.07, 6.45) is 0. The first-order valence-electron chi connectivity index (χ1n) is 10.1. The van der Waals surface area contributed by atoms with Gasteiger partial charge in [0.1, 0.15) is 0 Å². The van der Waals surface area contributed by atoms with E-state index in [1.165, 1.54) is 0 Å². The summed E-state index contributed by atoms with van der Waals surface area (Å²) >= 11 is 0. The van der Waals surface area contributed by atoms with Crippen LogP contribution in [0.3, 0.4) is 0 Å². The maximum Gasteiger partial charge on any atom is 0.241 e. The molecule has 2 aromatic rings. The lowest BCUT2D eigenvalue weighted by atomic mass is 10.2. The van der Waals surface area contributed by atoms with E-state index >= 15 is 0 Å². The van der Waals surface area contributed by atoms with E-state index in [4.69, 9.17) is 14.7 Å². The van der Waals surface area contributed by atoms with E-state index in [0.29, 0.717) is 41.7 Å². The molecule has 0 aliphatic heterocycles. The fraction of sp³-hybridized carbons (Fsp3) is 0.348. The van der Waals surface area contributed by atoms with Gasteiger partial charge in [-0.2, -0.15) is 5.26 Å². The SMILES string of the molecule is CCOc1ccc(NC(=O)CN(C)C(C)C(=O)Nc2cccc(C#N)c2)cc1OCC. The molecule has 1 unspecified atom stereocenters. The molecule has 1 atom stereocenters. The maximum absolute atomic E-state index is 12.5. The summed E-state index contributed by atoms with van der Waals surface area (Å²) in [6, 6.07) is 13.3. The zero-order valence-electron chi connectivity index (χ0n) is 18.3. The third-order valence-corrected chi connectivity index (χ3v) is 4.52. The Kier molecular flexibility index (Phi) is 8.85. The number of nitrogens with one attached hydrogen (secondary N) is 2. The molecule has 0 aliphatic rings. The highest BCUT2D eigenvalue weighted by Gasteiger charge is 2.20. The molecule has 8 heteroatoms. The predicted molar refractivity (Wildman–Crippen MR) is 119 cm³/mol. The van der Waals surface area contributed by atoms with Crippen molar-refractivity contribution in [1.29, 1.82) is 5.26 Å². The number of nitrogens with zero attached hydrogens (tertiary/aromatic N) is 2. The predicted octanol–water partition coefficient (Wildman–Crippen LogP) is 3.25. The number of benzene rings is 2. The Bertz CT molecular complexity index is 955. The number of rotatable bonds is 10. The molecule has 0 radical (unpaired) electrons. The van der Waals surface area contributed by atoms with Gasteiger partial charge in [-0.3, -0.25) is 14.5 Å². The Morgan fingerprint density at radius 2 is 1.71 bits per heavy atom. The number of carbonyl (C=O) groups excluding carboxylic acids is 2. The quantitative estimate of drug-likeness (QED) is 0.607. The van der Waals surface area contributed by atoms with Crippen LogP contribution in [0.5, 0.6) is 11.5 Å². The number of amides is 2. The molecule has 2 amide bonds. The average Bonchev–Trinajstić information content (AvgIpc) is 2.75. The van der Waals surface area contributed by atoms with Crippen molar-refractivity contribution < 1.29 is 19.1 Å². The zero-order chi connectivity index (χ0) is 22.8. The van der Waals surface area contributed by atoms with Crippen molar-refractivity contribution in [3.63, 3.8) is 0 Å². The molecule has 0 spiro atoms. The summed E-state index contributed by atoms with van der Waals surface area (Å²) in [5.41, 5.74) is 1.57. The summed E-state index contributed by atoms with van der Waals surface area (Å²) in [4.78, 5) is 26.6. The molecule has 0 aromatic heterocycles. The fourth-order valence-electron chi connectivity index (χ4n) is 2.81. The van der Waals surface area contributed by atoms with E-state index in [1.807, 2.05) is 19.9 Å². The highest BCUT2D eigenvalue weighted by Crippen LogP contribution is 2.30. The minimum Gasteiger partial charge on any atom is -0.490 e. The molecule has 0 heterocycles. The van der Waals surface area contributed by atoms with Gasteiger partial charge in [0.25, 0.3) is 0 Å². The summed E-state index contributed by atoms with van der Waals surface area (Å²) in [5, 5.41) is 14.6. The van der Waals surface area contributed by atoms with E-state index in [0.717, 1.165) is 0 Å². The van der Waals surface area contributed by atoms with Crippen LogP contribution in [0.1, 0.15) is 26.3 Å².